The highest BCUT2D eigenvalue weighted by Crippen LogP contribution is 2.09. The summed E-state index contributed by atoms with van der Waals surface area (Å²) in [6.45, 7) is 13.7. The lowest BCUT2D eigenvalue weighted by Gasteiger charge is -2.05. The first-order chi connectivity index (χ1) is 7.06. The van der Waals surface area contributed by atoms with Gasteiger partial charge in [0, 0.05) is 24.5 Å². The van der Waals surface area contributed by atoms with Crippen LogP contribution in [0, 0.1) is 5.92 Å². The van der Waals surface area contributed by atoms with Gasteiger partial charge in [-0.1, -0.05) is 39.2 Å². The molecule has 2 heteroatoms. The van der Waals surface area contributed by atoms with Crippen LogP contribution in [0.5, 0.6) is 0 Å². The fraction of sp³-hybridized carbons (Fsp3) is 0.385. The van der Waals surface area contributed by atoms with Gasteiger partial charge in [-0.05, 0) is 12.8 Å². The van der Waals surface area contributed by atoms with E-state index >= 15 is 0 Å². The first-order valence-electron chi connectivity index (χ1n) is 5.03. The highest BCUT2D eigenvalue weighted by Gasteiger charge is 2.01. The van der Waals surface area contributed by atoms with Gasteiger partial charge in [-0.2, -0.15) is 0 Å². The Bertz CT molecular complexity index is 307. The van der Waals surface area contributed by atoms with Gasteiger partial charge < -0.3 is 0 Å². The monoisotopic (exact) mass is 204 g/mol. The zero-order valence-electron chi connectivity index (χ0n) is 10.1. The summed E-state index contributed by atoms with van der Waals surface area (Å²) < 4.78 is 0. The summed E-state index contributed by atoms with van der Waals surface area (Å²) in [5.41, 5.74) is 2.79. The second-order valence-corrected chi connectivity index (χ2v) is 3.54. The highest BCUT2D eigenvalue weighted by atomic mass is 14.8. The Morgan fingerprint density at radius 1 is 1.20 bits per heavy atom. The molecular formula is C13H20N2. The summed E-state index contributed by atoms with van der Waals surface area (Å²) in [7, 11) is 1.73. The molecular weight excluding hydrogens is 184 g/mol. The summed E-state index contributed by atoms with van der Waals surface area (Å²) in [5, 5.41) is 0. The van der Waals surface area contributed by atoms with Gasteiger partial charge in [0.2, 0.25) is 0 Å². The lowest BCUT2D eigenvalue weighted by atomic mass is 10.1. The largest absolute Gasteiger partial charge is 0.294 e. The van der Waals surface area contributed by atoms with E-state index < -0.39 is 0 Å². The van der Waals surface area contributed by atoms with Gasteiger partial charge in [-0.3, -0.25) is 9.98 Å². The SMILES string of the molecule is C=CC(C=C)=C(C=NC)N=C(C)C(C)C. The van der Waals surface area contributed by atoms with Crippen molar-refractivity contribution in [1.29, 1.82) is 0 Å². The molecule has 82 valence electrons. The van der Waals surface area contributed by atoms with Gasteiger partial charge in [0.25, 0.3) is 0 Å². The van der Waals surface area contributed by atoms with Crippen molar-refractivity contribution in [3.05, 3.63) is 36.6 Å². The molecule has 0 spiro atoms. The molecule has 0 fully saturated rings. The van der Waals surface area contributed by atoms with Crippen molar-refractivity contribution in [2.24, 2.45) is 15.9 Å². The Labute approximate surface area is 92.8 Å². The van der Waals surface area contributed by atoms with Gasteiger partial charge in [0.05, 0.1) is 5.70 Å². The van der Waals surface area contributed by atoms with Gasteiger partial charge >= 0.3 is 0 Å². The van der Waals surface area contributed by atoms with Crippen molar-refractivity contribution in [2.45, 2.75) is 20.8 Å². The molecule has 0 N–H and O–H groups in total. The Morgan fingerprint density at radius 2 is 1.73 bits per heavy atom. The van der Waals surface area contributed by atoms with E-state index in [2.05, 4.69) is 37.0 Å². The van der Waals surface area contributed by atoms with Crippen LogP contribution < -0.4 is 0 Å². The van der Waals surface area contributed by atoms with E-state index in [9.17, 15) is 0 Å². The Kier molecular flexibility index (Phi) is 6.27. The van der Waals surface area contributed by atoms with Crippen LogP contribution in [0.3, 0.4) is 0 Å². The molecule has 0 bridgehead atoms. The van der Waals surface area contributed by atoms with Crippen LogP contribution in [0.15, 0.2) is 46.6 Å². The van der Waals surface area contributed by atoms with Crippen molar-refractivity contribution in [2.75, 3.05) is 7.05 Å². The normalized spacial score (nSPS) is 11.9. The summed E-state index contributed by atoms with van der Waals surface area (Å²) in [5.74, 6) is 0.432. The van der Waals surface area contributed by atoms with Gasteiger partial charge in [-0.15, -0.1) is 0 Å². The van der Waals surface area contributed by atoms with Crippen molar-refractivity contribution >= 4 is 11.9 Å². The molecule has 0 unspecified atom stereocenters. The molecule has 0 heterocycles. The molecule has 0 saturated heterocycles. The maximum atomic E-state index is 4.51. The fourth-order valence-electron chi connectivity index (χ4n) is 0.902. The van der Waals surface area contributed by atoms with Crippen LogP contribution in [0.4, 0.5) is 0 Å². The van der Waals surface area contributed by atoms with Crippen molar-refractivity contribution < 1.29 is 0 Å². The minimum absolute atomic E-state index is 0.432. The third-order valence-electron chi connectivity index (χ3n) is 2.12. The zero-order valence-corrected chi connectivity index (χ0v) is 10.1. The van der Waals surface area contributed by atoms with E-state index in [0.29, 0.717) is 5.92 Å². The van der Waals surface area contributed by atoms with Crippen LogP contribution in [-0.2, 0) is 0 Å². The van der Waals surface area contributed by atoms with E-state index in [1.165, 1.54) is 0 Å². The first kappa shape index (κ1) is 13.6. The first-order valence-corrected chi connectivity index (χ1v) is 5.03. The highest BCUT2D eigenvalue weighted by molar-refractivity contribution is 5.90. The molecule has 15 heavy (non-hydrogen) atoms. The van der Waals surface area contributed by atoms with E-state index in [0.717, 1.165) is 17.0 Å². The van der Waals surface area contributed by atoms with Crippen LogP contribution in [0.1, 0.15) is 20.8 Å². The number of nitrogens with zero attached hydrogens (tertiary/aromatic N) is 2. The minimum atomic E-state index is 0.432. The Hall–Kier alpha value is -1.44. The fourth-order valence-corrected chi connectivity index (χ4v) is 0.902. The number of aliphatic imine (C=N–C) groups is 2. The van der Waals surface area contributed by atoms with Crippen LogP contribution in [0.2, 0.25) is 0 Å². The van der Waals surface area contributed by atoms with Crippen molar-refractivity contribution in [3.8, 4) is 0 Å². The maximum Gasteiger partial charge on any atom is 0.0878 e. The number of rotatable bonds is 5. The summed E-state index contributed by atoms with van der Waals surface area (Å²) in [6.07, 6.45) is 5.20. The average Bonchev–Trinajstić information content (AvgIpc) is 2.19. The van der Waals surface area contributed by atoms with Gasteiger partial charge in [0.15, 0.2) is 0 Å². The molecule has 0 amide bonds. The molecule has 0 radical (unpaired) electrons. The molecule has 0 aromatic carbocycles. The van der Waals surface area contributed by atoms with Crippen LogP contribution in [0.25, 0.3) is 0 Å². The second kappa shape index (κ2) is 6.93. The van der Waals surface area contributed by atoms with Crippen molar-refractivity contribution in [1.82, 2.24) is 0 Å². The molecule has 0 aliphatic carbocycles. The lowest BCUT2D eigenvalue weighted by Crippen LogP contribution is -2.03. The molecule has 0 aliphatic heterocycles. The number of hydrogen-bond acceptors (Lipinski definition) is 2. The molecule has 0 aromatic rings. The smallest absolute Gasteiger partial charge is 0.0878 e. The Morgan fingerprint density at radius 3 is 2.07 bits per heavy atom. The number of allylic oxidation sites excluding steroid dienone is 4. The molecule has 2 nitrogen and oxygen atoms in total. The Balaban J connectivity index is 5.33. The standard InChI is InChI=1S/C13H20N2/c1-7-12(8-2)13(9-14-6)15-11(5)10(3)4/h7-10H,1-2H2,3-6H3. The molecule has 0 saturated carbocycles. The lowest BCUT2D eigenvalue weighted by molar-refractivity contribution is 0.877. The molecule has 0 aliphatic rings. The predicted molar refractivity (Wildman–Crippen MR) is 69.8 cm³/mol. The molecule has 0 aromatic heterocycles. The molecule has 0 atom stereocenters. The summed E-state index contributed by atoms with van der Waals surface area (Å²) in [4.78, 5) is 8.49. The second-order valence-electron chi connectivity index (χ2n) is 3.54. The topological polar surface area (TPSA) is 24.7 Å². The maximum absolute atomic E-state index is 4.51. The summed E-state index contributed by atoms with van der Waals surface area (Å²) >= 11 is 0. The summed E-state index contributed by atoms with van der Waals surface area (Å²) in [6, 6.07) is 0. The zero-order chi connectivity index (χ0) is 11.8. The quantitative estimate of drug-likeness (QED) is 0.484. The van der Waals surface area contributed by atoms with Crippen LogP contribution >= 0.6 is 0 Å². The van der Waals surface area contributed by atoms with Gasteiger partial charge in [-0.25, -0.2) is 0 Å². The molecule has 0 rings (SSSR count). The van der Waals surface area contributed by atoms with Crippen molar-refractivity contribution in [3.63, 3.8) is 0 Å². The third-order valence-corrected chi connectivity index (χ3v) is 2.12. The van der Waals surface area contributed by atoms with Gasteiger partial charge in [0.1, 0.15) is 0 Å². The predicted octanol–water partition coefficient (Wildman–Crippen LogP) is 3.43. The minimum Gasteiger partial charge on any atom is -0.294 e. The third kappa shape index (κ3) is 4.54. The average molecular weight is 204 g/mol. The van der Waals surface area contributed by atoms with E-state index in [-0.39, 0.29) is 0 Å². The van der Waals surface area contributed by atoms with Crippen LogP contribution in [-0.4, -0.2) is 19.0 Å². The number of hydrogen-bond donors (Lipinski definition) is 0. The van der Waals surface area contributed by atoms with E-state index in [4.69, 9.17) is 0 Å². The van der Waals surface area contributed by atoms with E-state index in [1.54, 1.807) is 25.4 Å². The van der Waals surface area contributed by atoms with E-state index in [1.807, 2.05) is 6.92 Å².